The SMILES string of the molecule is CC(C)(C)OC(=O)NCC(O)c1ccnc(Br)c1. The molecule has 0 bridgehead atoms. The van der Waals surface area contributed by atoms with Crippen LogP contribution in [0.5, 0.6) is 0 Å². The van der Waals surface area contributed by atoms with Crippen LogP contribution >= 0.6 is 15.9 Å². The van der Waals surface area contributed by atoms with Crippen LogP contribution in [0.3, 0.4) is 0 Å². The summed E-state index contributed by atoms with van der Waals surface area (Å²) in [5, 5.41) is 12.4. The number of nitrogens with zero attached hydrogens (tertiary/aromatic N) is 1. The largest absolute Gasteiger partial charge is 0.444 e. The Bertz CT molecular complexity index is 418. The zero-order valence-corrected chi connectivity index (χ0v) is 12.2. The predicted octanol–water partition coefficient (Wildman–Crippen LogP) is 2.40. The van der Waals surface area contributed by atoms with Crippen molar-refractivity contribution in [3.63, 3.8) is 0 Å². The molecule has 0 aliphatic heterocycles. The van der Waals surface area contributed by atoms with Crippen molar-refractivity contribution in [2.75, 3.05) is 6.54 Å². The second kappa shape index (κ2) is 6.15. The number of hydrogen-bond acceptors (Lipinski definition) is 4. The van der Waals surface area contributed by atoms with E-state index in [0.717, 1.165) is 0 Å². The van der Waals surface area contributed by atoms with Gasteiger partial charge in [-0.15, -0.1) is 0 Å². The maximum Gasteiger partial charge on any atom is 0.407 e. The third kappa shape index (κ3) is 5.46. The van der Waals surface area contributed by atoms with Gasteiger partial charge in [-0.1, -0.05) is 0 Å². The quantitative estimate of drug-likeness (QED) is 0.840. The van der Waals surface area contributed by atoms with Crippen molar-refractivity contribution in [3.05, 3.63) is 28.5 Å². The summed E-state index contributed by atoms with van der Waals surface area (Å²) < 4.78 is 5.70. The molecule has 100 valence electrons. The molecule has 1 amide bonds. The number of ether oxygens (including phenoxy) is 1. The number of rotatable bonds is 3. The highest BCUT2D eigenvalue weighted by atomic mass is 79.9. The molecule has 6 heteroatoms. The van der Waals surface area contributed by atoms with E-state index < -0.39 is 17.8 Å². The van der Waals surface area contributed by atoms with Crippen molar-refractivity contribution in [1.29, 1.82) is 0 Å². The summed E-state index contributed by atoms with van der Waals surface area (Å²) in [5.74, 6) is 0. The maximum absolute atomic E-state index is 11.4. The van der Waals surface area contributed by atoms with Gasteiger partial charge in [-0.2, -0.15) is 0 Å². The van der Waals surface area contributed by atoms with E-state index in [-0.39, 0.29) is 6.54 Å². The highest BCUT2D eigenvalue weighted by Gasteiger charge is 2.17. The molecule has 1 aromatic rings. The van der Waals surface area contributed by atoms with E-state index in [2.05, 4.69) is 26.2 Å². The van der Waals surface area contributed by atoms with Crippen molar-refractivity contribution in [3.8, 4) is 0 Å². The monoisotopic (exact) mass is 316 g/mol. The molecule has 5 nitrogen and oxygen atoms in total. The smallest absolute Gasteiger partial charge is 0.407 e. The van der Waals surface area contributed by atoms with Crippen molar-refractivity contribution in [1.82, 2.24) is 10.3 Å². The number of aromatic nitrogens is 1. The molecule has 0 aliphatic carbocycles. The maximum atomic E-state index is 11.4. The van der Waals surface area contributed by atoms with Gasteiger partial charge in [0, 0.05) is 6.20 Å². The number of nitrogens with one attached hydrogen (secondary N) is 1. The number of amides is 1. The minimum atomic E-state index is -0.795. The molecule has 0 aliphatic rings. The topological polar surface area (TPSA) is 71.5 Å². The van der Waals surface area contributed by atoms with Gasteiger partial charge in [0.05, 0.1) is 12.6 Å². The first-order chi connectivity index (χ1) is 8.28. The molecule has 1 unspecified atom stereocenters. The Morgan fingerprint density at radius 2 is 2.28 bits per heavy atom. The van der Waals surface area contributed by atoms with Gasteiger partial charge >= 0.3 is 6.09 Å². The van der Waals surface area contributed by atoms with Crippen molar-refractivity contribution >= 4 is 22.0 Å². The van der Waals surface area contributed by atoms with Crippen LogP contribution in [-0.2, 0) is 4.74 Å². The number of hydrogen-bond donors (Lipinski definition) is 2. The minimum absolute atomic E-state index is 0.0887. The van der Waals surface area contributed by atoms with Crippen molar-refractivity contribution in [2.24, 2.45) is 0 Å². The Morgan fingerprint density at radius 1 is 1.61 bits per heavy atom. The lowest BCUT2D eigenvalue weighted by atomic mass is 10.1. The molecule has 0 fully saturated rings. The van der Waals surface area contributed by atoms with Gasteiger partial charge in [0.2, 0.25) is 0 Å². The first-order valence-electron chi connectivity index (χ1n) is 5.54. The standard InChI is InChI=1S/C12H17BrN2O3/c1-12(2,3)18-11(17)15-7-9(16)8-4-5-14-10(13)6-8/h4-6,9,16H,7H2,1-3H3,(H,15,17). The van der Waals surface area contributed by atoms with E-state index in [1.807, 2.05) is 0 Å². The Balaban J connectivity index is 2.46. The second-order valence-corrected chi connectivity index (χ2v) is 5.62. The second-order valence-electron chi connectivity index (χ2n) is 4.81. The van der Waals surface area contributed by atoms with Gasteiger partial charge in [-0.05, 0) is 54.4 Å². The average Bonchev–Trinajstić information content (AvgIpc) is 2.23. The number of aliphatic hydroxyl groups is 1. The van der Waals surface area contributed by atoms with Crippen LogP contribution in [0.25, 0.3) is 0 Å². The van der Waals surface area contributed by atoms with Gasteiger partial charge in [0.15, 0.2) is 0 Å². The van der Waals surface area contributed by atoms with E-state index in [1.54, 1.807) is 39.1 Å². The molecule has 0 aromatic carbocycles. The number of carbonyl (C=O) groups is 1. The van der Waals surface area contributed by atoms with Crippen LogP contribution < -0.4 is 5.32 Å². The normalized spacial score (nSPS) is 12.9. The predicted molar refractivity (Wildman–Crippen MR) is 71.1 cm³/mol. The van der Waals surface area contributed by atoms with E-state index in [0.29, 0.717) is 10.2 Å². The molecular weight excluding hydrogens is 300 g/mol. The Hall–Kier alpha value is -1.14. The molecule has 0 saturated carbocycles. The van der Waals surface area contributed by atoms with Gasteiger partial charge in [0.25, 0.3) is 0 Å². The fourth-order valence-corrected chi connectivity index (χ4v) is 1.62. The van der Waals surface area contributed by atoms with E-state index in [9.17, 15) is 9.90 Å². The summed E-state index contributed by atoms with van der Waals surface area (Å²) in [6.07, 6.45) is 0.238. The number of aliphatic hydroxyl groups excluding tert-OH is 1. The first-order valence-corrected chi connectivity index (χ1v) is 6.33. The zero-order valence-electron chi connectivity index (χ0n) is 10.6. The van der Waals surface area contributed by atoms with Crippen LogP contribution in [0, 0.1) is 0 Å². The van der Waals surface area contributed by atoms with Crippen LogP contribution in [-0.4, -0.2) is 28.3 Å². The van der Waals surface area contributed by atoms with E-state index >= 15 is 0 Å². The molecule has 2 N–H and O–H groups in total. The van der Waals surface area contributed by atoms with Crippen molar-refractivity contribution < 1.29 is 14.6 Å². The molecule has 1 rings (SSSR count). The van der Waals surface area contributed by atoms with Gasteiger partial charge in [-0.25, -0.2) is 9.78 Å². The number of alkyl carbamates (subject to hydrolysis) is 1. The van der Waals surface area contributed by atoms with E-state index in [4.69, 9.17) is 4.74 Å². The number of halogens is 1. The Morgan fingerprint density at radius 3 is 2.83 bits per heavy atom. The van der Waals surface area contributed by atoms with Crippen LogP contribution in [0.2, 0.25) is 0 Å². The minimum Gasteiger partial charge on any atom is -0.444 e. The third-order valence-electron chi connectivity index (χ3n) is 1.97. The Kier molecular flexibility index (Phi) is 5.10. The summed E-state index contributed by atoms with van der Waals surface area (Å²) in [6.45, 7) is 5.43. The summed E-state index contributed by atoms with van der Waals surface area (Å²) >= 11 is 3.22. The highest BCUT2D eigenvalue weighted by Crippen LogP contribution is 2.15. The molecule has 1 atom stereocenters. The molecule has 0 spiro atoms. The van der Waals surface area contributed by atoms with Gasteiger partial charge < -0.3 is 15.2 Å². The number of pyridine rings is 1. The summed E-state index contributed by atoms with van der Waals surface area (Å²) in [6, 6.07) is 3.38. The Labute approximate surface area is 115 Å². The van der Waals surface area contributed by atoms with Gasteiger partial charge in [-0.3, -0.25) is 0 Å². The average molecular weight is 317 g/mol. The molecule has 1 heterocycles. The molecule has 1 aromatic heterocycles. The molecule has 18 heavy (non-hydrogen) atoms. The summed E-state index contributed by atoms with van der Waals surface area (Å²) in [5.41, 5.74) is 0.127. The van der Waals surface area contributed by atoms with Gasteiger partial charge in [0.1, 0.15) is 10.2 Å². The first kappa shape index (κ1) is 14.9. The zero-order chi connectivity index (χ0) is 13.8. The summed E-state index contributed by atoms with van der Waals surface area (Å²) in [7, 11) is 0. The molecular formula is C12H17BrN2O3. The lowest BCUT2D eigenvalue weighted by Gasteiger charge is -2.20. The van der Waals surface area contributed by atoms with Crippen LogP contribution in [0.4, 0.5) is 4.79 Å². The summed E-state index contributed by atoms with van der Waals surface area (Å²) in [4.78, 5) is 15.4. The van der Waals surface area contributed by atoms with E-state index in [1.165, 1.54) is 0 Å². The lowest BCUT2D eigenvalue weighted by molar-refractivity contribution is 0.0492. The van der Waals surface area contributed by atoms with Crippen LogP contribution in [0.15, 0.2) is 22.9 Å². The third-order valence-corrected chi connectivity index (χ3v) is 2.41. The van der Waals surface area contributed by atoms with Crippen molar-refractivity contribution in [2.45, 2.75) is 32.5 Å². The highest BCUT2D eigenvalue weighted by molar-refractivity contribution is 9.10. The van der Waals surface area contributed by atoms with Crippen LogP contribution in [0.1, 0.15) is 32.4 Å². The molecule has 0 radical (unpaired) electrons. The lowest BCUT2D eigenvalue weighted by Crippen LogP contribution is -2.34. The fraction of sp³-hybridized carbons (Fsp3) is 0.500. The molecule has 0 saturated heterocycles. The fourth-order valence-electron chi connectivity index (χ4n) is 1.24. The number of carbonyl (C=O) groups excluding carboxylic acids is 1.